The predicted molar refractivity (Wildman–Crippen MR) is 92.5 cm³/mol. The van der Waals surface area contributed by atoms with E-state index < -0.39 is 0 Å². The van der Waals surface area contributed by atoms with Gasteiger partial charge in [0.15, 0.2) is 5.96 Å². The fraction of sp³-hybridized carbons (Fsp3) is 0.750. The first-order valence-corrected chi connectivity index (χ1v) is 9.11. The third kappa shape index (κ3) is 3.98. The topological polar surface area (TPSA) is 52.6 Å². The molecule has 22 heavy (non-hydrogen) atoms. The van der Waals surface area contributed by atoms with Crippen molar-refractivity contribution in [1.82, 2.24) is 20.5 Å². The normalized spacial score (nSPS) is 21.1. The lowest BCUT2D eigenvalue weighted by atomic mass is 10.1. The molecule has 2 heterocycles. The Labute approximate surface area is 137 Å². The van der Waals surface area contributed by atoms with Gasteiger partial charge >= 0.3 is 0 Å². The molecule has 0 unspecified atom stereocenters. The first-order chi connectivity index (χ1) is 10.7. The van der Waals surface area contributed by atoms with Crippen LogP contribution in [0.1, 0.15) is 41.3 Å². The number of nitrogens with one attached hydrogen (secondary N) is 2. The molecule has 1 aromatic rings. The van der Waals surface area contributed by atoms with Crippen molar-refractivity contribution in [3.05, 3.63) is 15.6 Å². The Kier molecular flexibility index (Phi) is 4.98. The molecule has 122 valence electrons. The fourth-order valence-corrected chi connectivity index (χ4v) is 3.88. The quantitative estimate of drug-likeness (QED) is 0.658. The molecule has 1 aromatic heterocycles. The van der Waals surface area contributed by atoms with Crippen molar-refractivity contribution >= 4 is 17.3 Å². The maximum absolute atomic E-state index is 4.57. The first kappa shape index (κ1) is 15.7. The summed E-state index contributed by atoms with van der Waals surface area (Å²) in [6.45, 7) is 7.39. The zero-order valence-electron chi connectivity index (χ0n) is 13.9. The molecule has 1 aliphatic carbocycles. The number of aliphatic imine (C=N–C) groups is 1. The molecule has 3 rings (SSSR count). The van der Waals surface area contributed by atoms with Crippen molar-refractivity contribution in [2.45, 2.75) is 58.2 Å². The molecule has 2 fully saturated rings. The Hall–Kier alpha value is -1.14. The summed E-state index contributed by atoms with van der Waals surface area (Å²) >= 11 is 1.76. The summed E-state index contributed by atoms with van der Waals surface area (Å²) in [5, 5.41) is 8.09. The highest BCUT2D eigenvalue weighted by molar-refractivity contribution is 7.11. The summed E-state index contributed by atoms with van der Waals surface area (Å²) in [5.41, 5.74) is 1.14. The van der Waals surface area contributed by atoms with Crippen LogP contribution in [0.5, 0.6) is 0 Å². The molecule has 0 bridgehead atoms. The summed E-state index contributed by atoms with van der Waals surface area (Å²) in [6.07, 6.45) is 5.25. The molecular weight excluding hydrogens is 294 g/mol. The van der Waals surface area contributed by atoms with E-state index in [9.17, 15) is 0 Å². The molecular formula is C16H27N5S. The number of nitrogens with zero attached hydrogens (tertiary/aromatic N) is 3. The molecule has 0 spiro atoms. The summed E-state index contributed by atoms with van der Waals surface area (Å²) in [7, 11) is 1.84. The number of aryl methyl sites for hydroxylation is 2. The monoisotopic (exact) mass is 321 g/mol. The van der Waals surface area contributed by atoms with Crippen molar-refractivity contribution in [3.63, 3.8) is 0 Å². The highest BCUT2D eigenvalue weighted by atomic mass is 32.1. The zero-order valence-corrected chi connectivity index (χ0v) is 14.7. The molecule has 0 atom stereocenters. The van der Waals surface area contributed by atoms with Gasteiger partial charge in [0.25, 0.3) is 0 Å². The Balaban J connectivity index is 1.44. The van der Waals surface area contributed by atoms with Crippen LogP contribution in [0.15, 0.2) is 4.99 Å². The van der Waals surface area contributed by atoms with E-state index in [0.29, 0.717) is 6.04 Å². The van der Waals surface area contributed by atoms with Gasteiger partial charge in [-0.2, -0.15) is 0 Å². The maximum Gasteiger partial charge on any atom is 0.191 e. The van der Waals surface area contributed by atoms with E-state index >= 15 is 0 Å². The highest BCUT2D eigenvalue weighted by Crippen LogP contribution is 2.29. The zero-order chi connectivity index (χ0) is 15.5. The van der Waals surface area contributed by atoms with Gasteiger partial charge in [-0.1, -0.05) is 0 Å². The molecule has 6 heteroatoms. The van der Waals surface area contributed by atoms with E-state index in [0.717, 1.165) is 29.2 Å². The minimum Gasteiger partial charge on any atom is -0.354 e. The van der Waals surface area contributed by atoms with E-state index in [1.165, 1.54) is 43.6 Å². The molecule has 0 aromatic carbocycles. The standard InChI is InChI=1S/C16H27N5S/c1-11-12(2)22-15(19-11)10-18-16(17-3)20-13-6-8-21(9-7-13)14-4-5-14/h13-14H,4-10H2,1-3H3,(H2,17,18,20). The van der Waals surface area contributed by atoms with Gasteiger partial charge in [-0.25, -0.2) is 4.98 Å². The molecule has 0 amide bonds. The molecule has 0 radical (unpaired) electrons. The molecule has 1 aliphatic heterocycles. The van der Waals surface area contributed by atoms with E-state index in [1.807, 2.05) is 7.05 Å². The molecule has 2 aliphatic rings. The third-order valence-corrected chi connectivity index (χ3v) is 5.71. The van der Waals surface area contributed by atoms with E-state index in [-0.39, 0.29) is 0 Å². The number of hydrogen-bond acceptors (Lipinski definition) is 4. The number of piperidine rings is 1. The van der Waals surface area contributed by atoms with E-state index in [2.05, 4.69) is 39.4 Å². The first-order valence-electron chi connectivity index (χ1n) is 8.30. The van der Waals surface area contributed by atoms with E-state index in [4.69, 9.17) is 0 Å². The SMILES string of the molecule is CN=C(NCc1nc(C)c(C)s1)NC1CCN(C2CC2)CC1. The van der Waals surface area contributed by atoms with Crippen LogP contribution in [0.25, 0.3) is 0 Å². The lowest BCUT2D eigenvalue weighted by molar-refractivity contribution is 0.197. The number of aromatic nitrogens is 1. The van der Waals surface area contributed by atoms with Gasteiger partial charge in [0.05, 0.1) is 12.2 Å². The number of guanidine groups is 1. The largest absolute Gasteiger partial charge is 0.354 e. The van der Waals surface area contributed by atoms with Crippen molar-refractivity contribution in [2.75, 3.05) is 20.1 Å². The van der Waals surface area contributed by atoms with E-state index in [1.54, 1.807) is 11.3 Å². The second kappa shape index (κ2) is 6.96. The van der Waals surface area contributed by atoms with Crippen molar-refractivity contribution in [3.8, 4) is 0 Å². The van der Waals surface area contributed by atoms with Crippen LogP contribution in [0.2, 0.25) is 0 Å². The van der Waals surface area contributed by atoms with Gasteiger partial charge in [0.1, 0.15) is 5.01 Å². The van der Waals surface area contributed by atoms with Gasteiger partial charge in [-0.3, -0.25) is 4.99 Å². The predicted octanol–water partition coefficient (Wildman–Crippen LogP) is 2.05. The van der Waals surface area contributed by atoms with Gasteiger partial charge in [0.2, 0.25) is 0 Å². The number of thiazole rings is 1. The van der Waals surface area contributed by atoms with Crippen LogP contribution in [0, 0.1) is 13.8 Å². The number of hydrogen-bond donors (Lipinski definition) is 2. The Morgan fingerprint density at radius 2 is 2.00 bits per heavy atom. The van der Waals surface area contributed by atoms with Crippen molar-refractivity contribution in [1.29, 1.82) is 0 Å². The van der Waals surface area contributed by atoms with Crippen LogP contribution in [-0.4, -0.2) is 48.1 Å². The number of rotatable bonds is 4. The molecule has 1 saturated heterocycles. The molecule has 5 nitrogen and oxygen atoms in total. The third-order valence-electron chi connectivity index (χ3n) is 4.64. The van der Waals surface area contributed by atoms with Gasteiger partial charge in [0, 0.05) is 37.1 Å². The average Bonchev–Trinajstić information content (AvgIpc) is 3.31. The van der Waals surface area contributed by atoms with Gasteiger partial charge < -0.3 is 15.5 Å². The van der Waals surface area contributed by atoms with Crippen LogP contribution >= 0.6 is 11.3 Å². The smallest absolute Gasteiger partial charge is 0.191 e. The second-order valence-corrected chi connectivity index (χ2v) is 7.65. The lowest BCUT2D eigenvalue weighted by Crippen LogP contribution is -2.48. The van der Waals surface area contributed by atoms with Crippen LogP contribution < -0.4 is 10.6 Å². The fourth-order valence-electron chi connectivity index (χ4n) is 3.01. The van der Waals surface area contributed by atoms with Crippen molar-refractivity contribution in [2.24, 2.45) is 4.99 Å². The minimum absolute atomic E-state index is 0.543. The van der Waals surface area contributed by atoms with Crippen LogP contribution in [-0.2, 0) is 6.54 Å². The lowest BCUT2D eigenvalue weighted by Gasteiger charge is -2.33. The highest BCUT2D eigenvalue weighted by Gasteiger charge is 2.31. The van der Waals surface area contributed by atoms with Crippen LogP contribution in [0.4, 0.5) is 0 Å². The van der Waals surface area contributed by atoms with Crippen molar-refractivity contribution < 1.29 is 0 Å². The average molecular weight is 321 g/mol. The summed E-state index contributed by atoms with van der Waals surface area (Å²) in [6, 6.07) is 1.44. The Bertz CT molecular complexity index is 507. The van der Waals surface area contributed by atoms with Gasteiger partial charge in [-0.15, -0.1) is 11.3 Å². The number of likely N-dealkylation sites (tertiary alicyclic amines) is 1. The molecule has 1 saturated carbocycles. The maximum atomic E-state index is 4.57. The summed E-state index contributed by atoms with van der Waals surface area (Å²) in [4.78, 5) is 12.9. The minimum atomic E-state index is 0.543. The van der Waals surface area contributed by atoms with Crippen LogP contribution in [0.3, 0.4) is 0 Å². The van der Waals surface area contributed by atoms with Gasteiger partial charge in [-0.05, 0) is 39.5 Å². The summed E-state index contributed by atoms with van der Waals surface area (Å²) in [5.74, 6) is 0.898. The Morgan fingerprint density at radius 1 is 1.27 bits per heavy atom. The Morgan fingerprint density at radius 3 is 2.55 bits per heavy atom. The molecule has 2 N–H and O–H groups in total. The second-order valence-electron chi connectivity index (χ2n) is 6.36. The summed E-state index contributed by atoms with van der Waals surface area (Å²) < 4.78 is 0.